The van der Waals surface area contributed by atoms with Crippen molar-refractivity contribution in [2.75, 3.05) is 13.1 Å². The summed E-state index contributed by atoms with van der Waals surface area (Å²) in [6.45, 7) is 6.32. The van der Waals surface area contributed by atoms with E-state index in [1.165, 1.54) is 19.3 Å². The number of rotatable bonds is 9. The van der Waals surface area contributed by atoms with Gasteiger partial charge in [0.1, 0.15) is 6.33 Å². The van der Waals surface area contributed by atoms with Gasteiger partial charge in [0.05, 0.1) is 5.02 Å². The average molecular weight is 347 g/mol. The van der Waals surface area contributed by atoms with Crippen LogP contribution in [0, 0.1) is 0 Å². The zero-order chi connectivity index (χ0) is 17.2. The lowest BCUT2D eigenvalue weighted by Gasteiger charge is -2.21. The monoisotopic (exact) mass is 346 g/mol. The van der Waals surface area contributed by atoms with Gasteiger partial charge in [-0.25, -0.2) is 4.98 Å². The quantitative estimate of drug-likeness (QED) is 0.276. The van der Waals surface area contributed by atoms with Crippen LogP contribution in [0.4, 0.5) is 0 Å². The van der Waals surface area contributed by atoms with Crippen LogP contribution in [0.15, 0.2) is 48.1 Å². The van der Waals surface area contributed by atoms with E-state index < -0.39 is 0 Å². The number of unbranched alkanes of at least 4 members (excludes halogenated alkanes) is 3. The summed E-state index contributed by atoms with van der Waals surface area (Å²) in [5.41, 5.74) is 0.923. The summed E-state index contributed by atoms with van der Waals surface area (Å²) in [5.74, 6) is 0.821. The molecule has 1 aromatic carbocycles. The van der Waals surface area contributed by atoms with E-state index in [1.807, 2.05) is 35.0 Å². The number of hydrogen-bond acceptors (Lipinski definition) is 3. The molecule has 24 heavy (non-hydrogen) atoms. The Morgan fingerprint density at radius 2 is 1.96 bits per heavy atom. The van der Waals surface area contributed by atoms with Crippen molar-refractivity contribution in [1.29, 1.82) is 0 Å². The molecule has 0 N–H and O–H groups in total. The van der Waals surface area contributed by atoms with Gasteiger partial charge in [0.15, 0.2) is 5.84 Å². The molecule has 0 spiro atoms. The van der Waals surface area contributed by atoms with Gasteiger partial charge in [0, 0.05) is 31.0 Å². The lowest BCUT2D eigenvalue weighted by Crippen LogP contribution is -2.25. The fourth-order valence-corrected chi connectivity index (χ4v) is 2.82. The van der Waals surface area contributed by atoms with Gasteiger partial charge in [-0.05, 0) is 25.0 Å². The van der Waals surface area contributed by atoms with Gasteiger partial charge < -0.3 is 0 Å². The first kappa shape index (κ1) is 18.5. The smallest absolute Gasteiger partial charge is 0.166 e. The lowest BCUT2D eigenvalue weighted by molar-refractivity contribution is 0.280. The molecule has 0 atom stereocenters. The maximum absolute atomic E-state index is 6.41. The van der Waals surface area contributed by atoms with E-state index in [1.54, 1.807) is 12.5 Å². The summed E-state index contributed by atoms with van der Waals surface area (Å²) in [6.07, 6.45) is 11.4. The Kier molecular flexibility index (Phi) is 7.83. The zero-order valence-electron chi connectivity index (χ0n) is 14.7. The number of benzene rings is 1. The summed E-state index contributed by atoms with van der Waals surface area (Å²) >= 11 is 6.41. The first-order valence-electron chi connectivity index (χ1n) is 8.83. The van der Waals surface area contributed by atoms with Crippen molar-refractivity contribution < 1.29 is 0 Å². The van der Waals surface area contributed by atoms with Crippen LogP contribution in [-0.2, 0) is 0 Å². The highest BCUT2D eigenvalue weighted by atomic mass is 35.5. The van der Waals surface area contributed by atoms with Gasteiger partial charge in [-0.15, -0.1) is 0 Å². The fourth-order valence-electron chi connectivity index (χ4n) is 2.60. The third-order valence-corrected chi connectivity index (χ3v) is 4.18. The van der Waals surface area contributed by atoms with E-state index in [0.717, 1.165) is 37.3 Å². The Bertz CT molecular complexity index is 622. The van der Waals surface area contributed by atoms with Crippen LogP contribution in [-0.4, -0.2) is 33.5 Å². The number of aromatic nitrogens is 2. The Hall–Kier alpha value is -1.81. The molecule has 0 aliphatic rings. The average Bonchev–Trinajstić information content (AvgIpc) is 3.11. The zero-order valence-corrected chi connectivity index (χ0v) is 15.4. The topological polar surface area (TPSA) is 33.4 Å². The number of nitrogens with zero attached hydrogens (tertiary/aromatic N) is 4. The van der Waals surface area contributed by atoms with E-state index >= 15 is 0 Å². The fraction of sp³-hybridized carbons (Fsp3) is 0.474. The summed E-state index contributed by atoms with van der Waals surface area (Å²) in [5, 5.41) is 7.79. The standard InChI is InChI=1S/C19H27ClN4/c1-3-5-6-9-14-24(13-4-2)22-19(23-15-12-21-16-23)17-10-7-8-11-18(17)20/h7-8,10-12,15-16H,3-6,9,13-14H2,1-2H3/b22-19+. The predicted molar refractivity (Wildman–Crippen MR) is 102 cm³/mol. The maximum Gasteiger partial charge on any atom is 0.166 e. The van der Waals surface area contributed by atoms with Crippen molar-refractivity contribution in [3.8, 4) is 0 Å². The normalized spacial score (nSPS) is 11.7. The highest BCUT2D eigenvalue weighted by molar-refractivity contribution is 6.34. The van der Waals surface area contributed by atoms with E-state index in [0.29, 0.717) is 5.02 Å². The molecule has 0 fully saturated rings. The molecule has 4 nitrogen and oxygen atoms in total. The first-order chi connectivity index (χ1) is 11.8. The SMILES string of the molecule is CCCCCCN(CCC)/N=C(\c1ccccc1Cl)n1ccnc1. The third-order valence-electron chi connectivity index (χ3n) is 3.85. The summed E-state index contributed by atoms with van der Waals surface area (Å²) in [6, 6.07) is 7.82. The van der Waals surface area contributed by atoms with Crippen LogP contribution in [0.5, 0.6) is 0 Å². The molecule has 0 aliphatic heterocycles. The molecular formula is C19H27ClN4. The van der Waals surface area contributed by atoms with E-state index in [2.05, 4.69) is 23.8 Å². The summed E-state index contributed by atoms with van der Waals surface area (Å²) in [4.78, 5) is 4.16. The second-order valence-electron chi connectivity index (χ2n) is 5.89. The molecule has 0 unspecified atom stereocenters. The van der Waals surface area contributed by atoms with E-state index in [9.17, 15) is 0 Å². The van der Waals surface area contributed by atoms with Crippen LogP contribution in [0.3, 0.4) is 0 Å². The van der Waals surface area contributed by atoms with Crippen LogP contribution < -0.4 is 0 Å². The van der Waals surface area contributed by atoms with Gasteiger partial charge in [0.25, 0.3) is 0 Å². The van der Waals surface area contributed by atoms with Crippen LogP contribution in [0.25, 0.3) is 0 Å². The first-order valence-corrected chi connectivity index (χ1v) is 9.20. The second kappa shape index (κ2) is 10.1. The molecule has 5 heteroatoms. The van der Waals surface area contributed by atoms with Gasteiger partial charge >= 0.3 is 0 Å². The largest absolute Gasteiger partial charge is 0.295 e. The van der Waals surface area contributed by atoms with Gasteiger partial charge in [-0.2, -0.15) is 5.10 Å². The molecule has 0 radical (unpaired) electrons. The molecule has 2 rings (SSSR count). The Balaban J connectivity index is 2.26. The molecule has 0 saturated heterocycles. The molecule has 130 valence electrons. The van der Waals surface area contributed by atoms with Crippen molar-refractivity contribution in [3.05, 3.63) is 53.6 Å². The van der Waals surface area contributed by atoms with Crippen LogP contribution in [0.2, 0.25) is 5.02 Å². The Labute approximate surface area is 150 Å². The van der Waals surface area contributed by atoms with Crippen molar-refractivity contribution >= 4 is 17.4 Å². The van der Waals surface area contributed by atoms with Crippen molar-refractivity contribution in [1.82, 2.24) is 14.6 Å². The minimum absolute atomic E-state index is 0.701. The van der Waals surface area contributed by atoms with Crippen molar-refractivity contribution in [2.24, 2.45) is 5.10 Å². The molecule has 2 aromatic rings. The van der Waals surface area contributed by atoms with Crippen LogP contribution >= 0.6 is 11.6 Å². The number of hydrogen-bond donors (Lipinski definition) is 0. The van der Waals surface area contributed by atoms with Crippen molar-refractivity contribution in [3.63, 3.8) is 0 Å². The third kappa shape index (κ3) is 5.38. The number of hydrazone groups is 1. The van der Waals surface area contributed by atoms with Crippen molar-refractivity contribution in [2.45, 2.75) is 46.0 Å². The molecule has 1 heterocycles. The van der Waals surface area contributed by atoms with E-state index in [4.69, 9.17) is 16.7 Å². The minimum Gasteiger partial charge on any atom is -0.295 e. The highest BCUT2D eigenvalue weighted by Gasteiger charge is 2.12. The summed E-state index contributed by atoms with van der Waals surface area (Å²) in [7, 11) is 0. The molecule has 1 aromatic heterocycles. The van der Waals surface area contributed by atoms with Crippen LogP contribution in [0.1, 0.15) is 51.5 Å². The predicted octanol–water partition coefficient (Wildman–Crippen LogP) is 5.04. The molecular weight excluding hydrogens is 320 g/mol. The minimum atomic E-state index is 0.701. The number of halogens is 1. The van der Waals surface area contributed by atoms with Gasteiger partial charge in [0.2, 0.25) is 0 Å². The molecule has 0 bridgehead atoms. The number of imidazole rings is 1. The lowest BCUT2D eigenvalue weighted by atomic mass is 10.2. The Morgan fingerprint density at radius 1 is 1.12 bits per heavy atom. The Morgan fingerprint density at radius 3 is 2.62 bits per heavy atom. The molecule has 0 amide bonds. The van der Waals surface area contributed by atoms with Gasteiger partial charge in [-0.3, -0.25) is 9.58 Å². The molecule has 0 saturated carbocycles. The molecule has 0 aliphatic carbocycles. The second-order valence-corrected chi connectivity index (χ2v) is 6.29. The summed E-state index contributed by atoms with van der Waals surface area (Å²) < 4.78 is 1.93. The maximum atomic E-state index is 6.41. The van der Waals surface area contributed by atoms with E-state index in [-0.39, 0.29) is 0 Å². The van der Waals surface area contributed by atoms with Gasteiger partial charge in [-0.1, -0.05) is 56.8 Å². The highest BCUT2D eigenvalue weighted by Crippen LogP contribution is 2.18.